The first-order valence-electron chi connectivity index (χ1n) is 0.928. The quantitative estimate of drug-likeness (QED) is 0.363. The van der Waals surface area contributed by atoms with Crippen LogP contribution in [-0.2, 0) is 4.79 Å². The van der Waals surface area contributed by atoms with Crippen molar-refractivity contribution in [2.24, 2.45) is 0 Å². The van der Waals surface area contributed by atoms with Crippen LogP contribution in [0, 0.1) is 0 Å². The van der Waals surface area contributed by atoms with Gasteiger partial charge in [-0.3, -0.25) is 4.79 Å². The Bertz CT molecular complexity index is 43.0. The van der Waals surface area contributed by atoms with E-state index in [0.29, 0.717) is 0 Å². The molecule has 0 amide bonds. The molecule has 5 heteroatoms. The van der Waals surface area contributed by atoms with E-state index >= 15 is 0 Å². The van der Waals surface area contributed by atoms with Gasteiger partial charge >= 0.3 is 29.6 Å². The van der Waals surface area contributed by atoms with Crippen molar-refractivity contribution in [1.82, 2.24) is 0 Å². The molecule has 0 unspecified atom stereocenters. The van der Waals surface area contributed by atoms with Crippen molar-refractivity contribution in [3.8, 4) is 0 Å². The molecule has 0 bridgehead atoms. The van der Waals surface area contributed by atoms with Crippen molar-refractivity contribution in [2.75, 3.05) is 0 Å². The Labute approximate surface area is 83.0 Å². The molecule has 0 aliphatic heterocycles. The van der Waals surface area contributed by atoms with Gasteiger partial charge in [0.1, 0.15) is 0 Å². The van der Waals surface area contributed by atoms with Crippen LogP contribution >= 0.6 is 12.4 Å². The van der Waals surface area contributed by atoms with Gasteiger partial charge in [0.15, 0.2) is 17.4 Å². The smallest absolute Gasteiger partial charge is 1.00 e. The number of carboxylic acid groups (broad SMARTS) is 1. The van der Waals surface area contributed by atoms with Gasteiger partial charge in [-0.2, -0.15) is 0 Å². The molecule has 1 N–H and O–H groups in total. The molecule has 0 aromatic heterocycles. The van der Waals surface area contributed by atoms with E-state index in [1.807, 2.05) is 0 Å². The minimum absolute atomic E-state index is 0. The van der Waals surface area contributed by atoms with Gasteiger partial charge in [-0.05, 0) is 0 Å². The van der Waals surface area contributed by atoms with E-state index in [1.165, 1.54) is 0 Å². The standard InChI is InChI=1S/C2H4O2.Al.ClH.Na.4H/c1-2(3)4;;;;;;;/h1H3,(H,3,4);;1H;;;;;/q;;;+1;;;;-1. The number of rotatable bonds is 0. The molecular formula is C2H9AlClNaO2. The number of aliphatic carboxylic acids is 1. The Morgan fingerprint density at radius 1 is 1.71 bits per heavy atom. The topological polar surface area (TPSA) is 37.3 Å². The third kappa shape index (κ3) is 122. The maximum atomic E-state index is 9.00. The van der Waals surface area contributed by atoms with Gasteiger partial charge in [-0.25, -0.2) is 0 Å². The van der Waals surface area contributed by atoms with Gasteiger partial charge in [0.2, 0.25) is 0 Å². The number of hydrogen-bond acceptors (Lipinski definition) is 1. The monoisotopic (exact) mass is 150 g/mol. The predicted molar refractivity (Wildman–Crippen MR) is 31.6 cm³/mol. The van der Waals surface area contributed by atoms with Crippen LogP contribution in [0.3, 0.4) is 0 Å². The summed E-state index contributed by atoms with van der Waals surface area (Å²) in [6, 6.07) is 0. The van der Waals surface area contributed by atoms with E-state index in [1.54, 1.807) is 0 Å². The SMILES string of the molecule is CC(=O)O.Cl.[AlH3].[H-].[Na+]. The zero-order valence-electron chi connectivity index (χ0n) is 4.76. The zero-order valence-corrected chi connectivity index (χ0v) is 6.58. The fraction of sp³-hybridized carbons (Fsp3) is 0.500. The first-order valence-corrected chi connectivity index (χ1v) is 0.928. The molecular weight excluding hydrogens is 141 g/mol. The van der Waals surface area contributed by atoms with E-state index in [-0.39, 0.29) is 60.8 Å². The molecule has 0 aliphatic rings. The number of halogens is 1. The van der Waals surface area contributed by atoms with E-state index in [2.05, 4.69) is 0 Å². The number of carboxylic acids is 1. The van der Waals surface area contributed by atoms with Gasteiger partial charge in [0, 0.05) is 6.92 Å². The summed E-state index contributed by atoms with van der Waals surface area (Å²) in [7, 11) is 0. The molecule has 0 aromatic carbocycles. The van der Waals surface area contributed by atoms with Crippen LogP contribution < -0.4 is 29.6 Å². The van der Waals surface area contributed by atoms with Gasteiger partial charge in [0.05, 0.1) is 0 Å². The van der Waals surface area contributed by atoms with Gasteiger partial charge in [-0.15, -0.1) is 12.4 Å². The summed E-state index contributed by atoms with van der Waals surface area (Å²) in [4.78, 5) is 9.00. The van der Waals surface area contributed by atoms with Crippen molar-refractivity contribution in [3.63, 3.8) is 0 Å². The molecule has 0 radical (unpaired) electrons. The van der Waals surface area contributed by atoms with Gasteiger partial charge in [-0.1, -0.05) is 0 Å². The van der Waals surface area contributed by atoms with E-state index in [4.69, 9.17) is 9.90 Å². The largest absolute Gasteiger partial charge is 1.00 e. The van der Waals surface area contributed by atoms with Crippen LogP contribution in [0.4, 0.5) is 0 Å². The average Bonchev–Trinajstić information content (AvgIpc) is 0.811. The van der Waals surface area contributed by atoms with Gasteiger partial charge in [0.25, 0.3) is 5.97 Å². The normalized spacial score (nSPS) is 3.57. The predicted octanol–water partition coefficient (Wildman–Crippen LogP) is -3.55. The second-order valence-electron chi connectivity index (χ2n) is 0.519. The first kappa shape index (κ1) is 23.9. The van der Waals surface area contributed by atoms with Crippen molar-refractivity contribution >= 4 is 35.7 Å². The van der Waals surface area contributed by atoms with E-state index in [9.17, 15) is 0 Å². The Morgan fingerprint density at radius 3 is 1.71 bits per heavy atom. The Morgan fingerprint density at radius 2 is 1.71 bits per heavy atom. The number of carbonyl (C=O) groups is 1. The molecule has 0 saturated heterocycles. The second-order valence-corrected chi connectivity index (χ2v) is 0.519. The van der Waals surface area contributed by atoms with Crippen molar-refractivity contribution in [3.05, 3.63) is 0 Å². The first-order chi connectivity index (χ1) is 1.73. The molecule has 7 heavy (non-hydrogen) atoms. The summed E-state index contributed by atoms with van der Waals surface area (Å²) in [5.41, 5.74) is 0. The molecule has 0 fully saturated rings. The third-order valence-electron chi connectivity index (χ3n) is 0. The summed E-state index contributed by atoms with van der Waals surface area (Å²) < 4.78 is 0. The van der Waals surface area contributed by atoms with Crippen molar-refractivity contribution in [2.45, 2.75) is 6.92 Å². The van der Waals surface area contributed by atoms with Crippen LogP contribution in [0.15, 0.2) is 0 Å². The molecule has 2 nitrogen and oxygen atoms in total. The van der Waals surface area contributed by atoms with Crippen molar-refractivity contribution < 1.29 is 40.9 Å². The summed E-state index contributed by atoms with van der Waals surface area (Å²) in [6.07, 6.45) is 0. The average molecular weight is 151 g/mol. The summed E-state index contributed by atoms with van der Waals surface area (Å²) in [5, 5.41) is 7.42. The zero-order chi connectivity index (χ0) is 3.58. The summed E-state index contributed by atoms with van der Waals surface area (Å²) in [5.74, 6) is -0.833. The van der Waals surface area contributed by atoms with E-state index in [0.717, 1.165) is 6.92 Å². The van der Waals surface area contributed by atoms with Gasteiger partial charge < -0.3 is 6.53 Å². The van der Waals surface area contributed by atoms with Crippen LogP contribution in [0.2, 0.25) is 0 Å². The fourth-order valence-electron chi connectivity index (χ4n) is 0. The van der Waals surface area contributed by atoms with Crippen LogP contribution in [0.25, 0.3) is 0 Å². The number of hydrogen-bond donors (Lipinski definition) is 1. The summed E-state index contributed by atoms with van der Waals surface area (Å²) in [6.45, 7) is 1.08. The minimum atomic E-state index is -0.833. The second kappa shape index (κ2) is 15.7. The Kier molecular flexibility index (Phi) is 53.6. The molecule has 0 aliphatic carbocycles. The fourth-order valence-corrected chi connectivity index (χ4v) is 0. The third-order valence-corrected chi connectivity index (χ3v) is 0. The molecule has 0 spiro atoms. The maximum absolute atomic E-state index is 9.00. The van der Waals surface area contributed by atoms with Crippen LogP contribution in [-0.4, -0.2) is 28.4 Å². The molecule has 0 saturated carbocycles. The Balaban J connectivity index is -0.00000000750. The maximum Gasteiger partial charge on any atom is 1.00 e. The van der Waals surface area contributed by atoms with E-state index < -0.39 is 5.97 Å². The molecule has 0 rings (SSSR count). The minimum Gasteiger partial charge on any atom is -1.00 e. The molecule has 0 atom stereocenters. The molecule has 0 heterocycles. The van der Waals surface area contributed by atoms with Crippen molar-refractivity contribution in [1.29, 1.82) is 0 Å². The summed E-state index contributed by atoms with van der Waals surface area (Å²) >= 11 is 0. The molecule has 40 valence electrons. The van der Waals surface area contributed by atoms with Crippen LogP contribution in [0.5, 0.6) is 0 Å². The van der Waals surface area contributed by atoms with Crippen LogP contribution in [0.1, 0.15) is 8.35 Å². The molecule has 0 aromatic rings. The Hall–Kier alpha value is 1.29.